The van der Waals surface area contributed by atoms with E-state index in [9.17, 15) is 0 Å². The zero-order chi connectivity index (χ0) is 11.3. The highest BCUT2D eigenvalue weighted by Crippen LogP contribution is 2.22. The summed E-state index contributed by atoms with van der Waals surface area (Å²) in [6.07, 6.45) is 3.78. The highest BCUT2D eigenvalue weighted by molar-refractivity contribution is 9.10. The van der Waals surface area contributed by atoms with E-state index in [0.29, 0.717) is 11.6 Å². The normalized spacial score (nSPS) is 12.5. The molecule has 0 saturated heterocycles. The van der Waals surface area contributed by atoms with Gasteiger partial charge in [0.05, 0.1) is 16.4 Å². The van der Waals surface area contributed by atoms with Crippen LogP contribution in [0.25, 0.3) is 0 Å². The largest absolute Gasteiger partial charge is 0.397 e. The predicted molar refractivity (Wildman–Crippen MR) is 72.4 cm³/mol. The Morgan fingerprint density at radius 2 is 2.40 bits per heavy atom. The summed E-state index contributed by atoms with van der Waals surface area (Å²) in [5.74, 6) is 2.64. The standard InChI is InChI=1S/C10H16BrN3S/c1-7(6-15-2)4-13-10-9(11)3-8(12)5-14-10/h3,5,7H,4,6,12H2,1-2H3,(H,13,14). The lowest BCUT2D eigenvalue weighted by atomic mass is 10.2. The number of hydrogen-bond acceptors (Lipinski definition) is 4. The van der Waals surface area contributed by atoms with Gasteiger partial charge in [0.2, 0.25) is 0 Å². The number of nitrogens with one attached hydrogen (secondary N) is 1. The van der Waals surface area contributed by atoms with Crippen LogP contribution in [0.1, 0.15) is 6.92 Å². The summed E-state index contributed by atoms with van der Waals surface area (Å²) in [5.41, 5.74) is 6.28. The molecule has 1 aromatic rings. The molecule has 0 radical (unpaired) electrons. The highest BCUT2D eigenvalue weighted by atomic mass is 79.9. The van der Waals surface area contributed by atoms with E-state index in [-0.39, 0.29) is 0 Å². The Bertz CT molecular complexity index is 320. The molecule has 0 spiro atoms. The van der Waals surface area contributed by atoms with Gasteiger partial charge < -0.3 is 11.1 Å². The van der Waals surface area contributed by atoms with Crippen LogP contribution in [0, 0.1) is 5.92 Å². The van der Waals surface area contributed by atoms with E-state index in [4.69, 9.17) is 5.73 Å². The van der Waals surface area contributed by atoms with E-state index in [1.165, 1.54) is 0 Å². The molecule has 0 aliphatic rings. The van der Waals surface area contributed by atoms with E-state index in [1.807, 2.05) is 17.8 Å². The first kappa shape index (κ1) is 12.6. The van der Waals surface area contributed by atoms with E-state index < -0.39 is 0 Å². The molecule has 0 aromatic carbocycles. The third-order valence-electron chi connectivity index (χ3n) is 1.93. The number of aromatic nitrogens is 1. The van der Waals surface area contributed by atoms with Crippen LogP contribution in [-0.2, 0) is 0 Å². The van der Waals surface area contributed by atoms with Crippen LogP contribution in [0.4, 0.5) is 11.5 Å². The fraction of sp³-hybridized carbons (Fsp3) is 0.500. The fourth-order valence-electron chi connectivity index (χ4n) is 1.20. The maximum Gasteiger partial charge on any atom is 0.140 e. The maximum atomic E-state index is 5.61. The van der Waals surface area contributed by atoms with Crippen molar-refractivity contribution < 1.29 is 0 Å². The minimum atomic E-state index is 0.631. The van der Waals surface area contributed by atoms with Crippen molar-refractivity contribution in [3.8, 4) is 0 Å². The second kappa shape index (κ2) is 6.23. The Balaban J connectivity index is 2.50. The topological polar surface area (TPSA) is 50.9 Å². The van der Waals surface area contributed by atoms with Crippen molar-refractivity contribution in [2.45, 2.75) is 6.92 Å². The van der Waals surface area contributed by atoms with Crippen LogP contribution < -0.4 is 11.1 Å². The van der Waals surface area contributed by atoms with Gasteiger partial charge in [-0.15, -0.1) is 0 Å². The van der Waals surface area contributed by atoms with Crippen LogP contribution in [0.3, 0.4) is 0 Å². The summed E-state index contributed by atoms with van der Waals surface area (Å²) in [7, 11) is 0. The van der Waals surface area contributed by atoms with Gasteiger partial charge in [-0.3, -0.25) is 0 Å². The number of nitrogens with two attached hydrogens (primary N) is 1. The lowest BCUT2D eigenvalue weighted by molar-refractivity contribution is 0.699. The summed E-state index contributed by atoms with van der Waals surface area (Å²) in [6, 6.07) is 1.86. The molecular weight excluding hydrogens is 274 g/mol. The number of hydrogen-bond donors (Lipinski definition) is 2. The summed E-state index contributed by atoms with van der Waals surface area (Å²) in [6.45, 7) is 3.14. The van der Waals surface area contributed by atoms with Gasteiger partial charge in [0.15, 0.2) is 0 Å². The zero-order valence-electron chi connectivity index (χ0n) is 8.96. The van der Waals surface area contributed by atoms with Gasteiger partial charge in [-0.2, -0.15) is 11.8 Å². The Morgan fingerprint density at radius 1 is 1.67 bits per heavy atom. The minimum absolute atomic E-state index is 0.631. The minimum Gasteiger partial charge on any atom is -0.397 e. The molecule has 15 heavy (non-hydrogen) atoms. The Kier molecular flexibility index (Phi) is 5.25. The van der Waals surface area contributed by atoms with Gasteiger partial charge in [0.25, 0.3) is 0 Å². The molecule has 0 amide bonds. The van der Waals surface area contributed by atoms with Crippen LogP contribution >= 0.6 is 27.7 Å². The number of rotatable bonds is 5. The molecule has 1 rings (SSSR count). The molecule has 0 saturated carbocycles. The lowest BCUT2D eigenvalue weighted by Crippen LogP contribution is -2.14. The zero-order valence-corrected chi connectivity index (χ0v) is 11.4. The van der Waals surface area contributed by atoms with E-state index >= 15 is 0 Å². The van der Waals surface area contributed by atoms with Gasteiger partial charge >= 0.3 is 0 Å². The van der Waals surface area contributed by atoms with Crippen molar-refractivity contribution in [3.63, 3.8) is 0 Å². The fourth-order valence-corrected chi connectivity index (χ4v) is 2.39. The first-order chi connectivity index (χ1) is 7.13. The molecule has 3 nitrogen and oxygen atoms in total. The molecule has 0 aliphatic heterocycles. The average molecular weight is 290 g/mol. The number of pyridine rings is 1. The number of nitrogen functional groups attached to an aromatic ring is 1. The van der Waals surface area contributed by atoms with Crippen LogP contribution in [-0.4, -0.2) is 23.5 Å². The summed E-state index contributed by atoms with van der Waals surface area (Å²) in [4.78, 5) is 4.22. The maximum absolute atomic E-state index is 5.61. The molecule has 0 aliphatic carbocycles. The van der Waals surface area contributed by atoms with Gasteiger partial charge in [0.1, 0.15) is 5.82 Å². The van der Waals surface area contributed by atoms with Gasteiger partial charge in [-0.25, -0.2) is 4.98 Å². The number of anilines is 2. The molecule has 1 atom stereocenters. The molecule has 1 aromatic heterocycles. The average Bonchev–Trinajstić information content (AvgIpc) is 2.17. The van der Waals surface area contributed by atoms with Crippen molar-refractivity contribution >= 4 is 39.2 Å². The Hall–Kier alpha value is -0.420. The van der Waals surface area contributed by atoms with Crippen molar-refractivity contribution in [2.75, 3.05) is 29.6 Å². The van der Waals surface area contributed by atoms with Crippen molar-refractivity contribution in [1.82, 2.24) is 4.98 Å². The Morgan fingerprint density at radius 3 is 3.00 bits per heavy atom. The smallest absolute Gasteiger partial charge is 0.140 e. The van der Waals surface area contributed by atoms with Crippen molar-refractivity contribution in [3.05, 3.63) is 16.7 Å². The van der Waals surface area contributed by atoms with Crippen LogP contribution in [0.2, 0.25) is 0 Å². The predicted octanol–water partition coefficient (Wildman–Crippen LogP) is 2.84. The lowest BCUT2D eigenvalue weighted by Gasteiger charge is -2.12. The van der Waals surface area contributed by atoms with E-state index in [0.717, 1.165) is 22.6 Å². The molecule has 84 valence electrons. The van der Waals surface area contributed by atoms with Gasteiger partial charge in [-0.05, 0) is 39.9 Å². The molecule has 0 fully saturated rings. The number of halogens is 1. The molecule has 5 heteroatoms. The van der Waals surface area contributed by atoms with E-state index in [2.05, 4.69) is 39.4 Å². The first-order valence-corrected chi connectivity index (χ1v) is 6.96. The summed E-state index contributed by atoms with van der Waals surface area (Å²) < 4.78 is 0.916. The Labute approximate surface area is 103 Å². The second-order valence-corrected chi connectivity index (χ2v) is 5.31. The molecule has 0 bridgehead atoms. The van der Waals surface area contributed by atoms with Crippen LogP contribution in [0.15, 0.2) is 16.7 Å². The van der Waals surface area contributed by atoms with Crippen LogP contribution in [0.5, 0.6) is 0 Å². The number of nitrogens with zero attached hydrogens (tertiary/aromatic N) is 1. The van der Waals surface area contributed by atoms with Gasteiger partial charge in [-0.1, -0.05) is 6.92 Å². The summed E-state index contributed by atoms with van der Waals surface area (Å²) >= 11 is 5.29. The highest BCUT2D eigenvalue weighted by Gasteiger charge is 2.04. The third-order valence-corrected chi connectivity index (χ3v) is 3.44. The molecule has 1 unspecified atom stereocenters. The monoisotopic (exact) mass is 289 g/mol. The summed E-state index contributed by atoms with van der Waals surface area (Å²) in [5, 5.41) is 3.30. The van der Waals surface area contributed by atoms with E-state index in [1.54, 1.807) is 6.20 Å². The third kappa shape index (κ3) is 4.30. The number of thioether (sulfide) groups is 1. The van der Waals surface area contributed by atoms with Crippen molar-refractivity contribution in [1.29, 1.82) is 0 Å². The first-order valence-electron chi connectivity index (χ1n) is 4.77. The van der Waals surface area contributed by atoms with Crippen molar-refractivity contribution in [2.24, 2.45) is 5.92 Å². The second-order valence-electron chi connectivity index (χ2n) is 3.54. The van der Waals surface area contributed by atoms with Gasteiger partial charge in [0, 0.05) is 6.54 Å². The quantitative estimate of drug-likeness (QED) is 0.875. The molecular formula is C10H16BrN3S. The molecule has 3 N–H and O–H groups in total. The molecule has 1 heterocycles. The SMILES string of the molecule is CSCC(C)CNc1ncc(N)cc1Br.